The molecular weight excluding hydrogens is 361 g/mol. The number of amides is 2. The number of nitrogens with one attached hydrogen (secondary N) is 1. The van der Waals surface area contributed by atoms with Crippen LogP contribution in [0.2, 0.25) is 10.0 Å². The summed E-state index contributed by atoms with van der Waals surface area (Å²) in [5, 5.41) is 4.06. The SMILES string of the molecule is COc1ccc(NC(=O)N2CCN(c3ccc(Cl)cc3)CC2)cc1Cl. The van der Waals surface area contributed by atoms with Crippen molar-refractivity contribution in [2.75, 3.05) is 43.5 Å². The highest BCUT2D eigenvalue weighted by atomic mass is 35.5. The van der Waals surface area contributed by atoms with E-state index in [-0.39, 0.29) is 6.03 Å². The number of halogens is 2. The van der Waals surface area contributed by atoms with E-state index in [9.17, 15) is 4.79 Å². The average Bonchev–Trinajstić information content (AvgIpc) is 2.63. The lowest BCUT2D eigenvalue weighted by Gasteiger charge is -2.36. The number of piperazine rings is 1. The summed E-state index contributed by atoms with van der Waals surface area (Å²) in [5.41, 5.74) is 1.77. The second-order valence-corrected chi connectivity index (χ2v) is 6.57. The first kappa shape index (κ1) is 17.7. The number of benzene rings is 2. The quantitative estimate of drug-likeness (QED) is 0.861. The molecule has 0 aliphatic carbocycles. The Morgan fingerprint density at radius 3 is 2.32 bits per heavy atom. The Balaban J connectivity index is 1.56. The number of carbonyl (C=O) groups excluding carboxylic acids is 1. The minimum atomic E-state index is -0.128. The molecule has 5 nitrogen and oxygen atoms in total. The Morgan fingerprint density at radius 1 is 1.04 bits per heavy atom. The van der Waals surface area contributed by atoms with Gasteiger partial charge in [-0.25, -0.2) is 4.79 Å². The molecule has 0 saturated carbocycles. The van der Waals surface area contributed by atoms with Gasteiger partial charge < -0.3 is 19.9 Å². The molecule has 1 N–H and O–H groups in total. The van der Waals surface area contributed by atoms with Crippen LogP contribution in [-0.2, 0) is 0 Å². The Kier molecular flexibility index (Phi) is 5.56. The summed E-state index contributed by atoms with van der Waals surface area (Å²) in [4.78, 5) is 16.5. The van der Waals surface area contributed by atoms with Crippen molar-refractivity contribution in [2.45, 2.75) is 0 Å². The fourth-order valence-corrected chi connectivity index (χ4v) is 3.15. The topological polar surface area (TPSA) is 44.8 Å². The number of urea groups is 1. The standard InChI is InChI=1S/C18H19Cl2N3O2/c1-25-17-7-4-14(12-16(17)20)21-18(24)23-10-8-22(9-11-23)15-5-2-13(19)3-6-15/h2-7,12H,8-11H2,1H3,(H,21,24). The predicted molar refractivity (Wildman–Crippen MR) is 102 cm³/mol. The van der Waals surface area contributed by atoms with Crippen LogP contribution in [0.5, 0.6) is 5.75 Å². The number of rotatable bonds is 3. The third-order valence-electron chi connectivity index (χ3n) is 4.16. The van der Waals surface area contributed by atoms with E-state index < -0.39 is 0 Å². The zero-order chi connectivity index (χ0) is 17.8. The Bertz CT molecular complexity index is 744. The zero-order valence-electron chi connectivity index (χ0n) is 13.8. The summed E-state index contributed by atoms with van der Waals surface area (Å²) in [7, 11) is 1.56. The van der Waals surface area contributed by atoms with Crippen molar-refractivity contribution >= 4 is 40.6 Å². The highest BCUT2D eigenvalue weighted by molar-refractivity contribution is 6.32. The first-order chi connectivity index (χ1) is 12.1. The number of ether oxygens (including phenoxy) is 1. The van der Waals surface area contributed by atoms with Crippen molar-refractivity contribution < 1.29 is 9.53 Å². The minimum absolute atomic E-state index is 0.128. The van der Waals surface area contributed by atoms with Crippen LogP contribution in [-0.4, -0.2) is 44.2 Å². The fraction of sp³-hybridized carbons (Fsp3) is 0.278. The Morgan fingerprint density at radius 2 is 1.72 bits per heavy atom. The van der Waals surface area contributed by atoms with Gasteiger partial charge in [0.05, 0.1) is 12.1 Å². The van der Waals surface area contributed by atoms with Crippen LogP contribution < -0.4 is 15.0 Å². The first-order valence-electron chi connectivity index (χ1n) is 7.97. The molecule has 1 fully saturated rings. The molecule has 0 unspecified atom stereocenters. The summed E-state index contributed by atoms with van der Waals surface area (Å²) >= 11 is 12.0. The van der Waals surface area contributed by atoms with E-state index in [0.717, 1.165) is 23.8 Å². The molecule has 0 radical (unpaired) electrons. The molecule has 0 bridgehead atoms. The summed E-state index contributed by atoms with van der Waals surface area (Å²) < 4.78 is 5.11. The number of methoxy groups -OCH3 is 1. The normalized spacial score (nSPS) is 14.4. The molecule has 1 saturated heterocycles. The van der Waals surface area contributed by atoms with Crippen LogP contribution in [0.25, 0.3) is 0 Å². The summed E-state index contributed by atoms with van der Waals surface area (Å²) in [6.07, 6.45) is 0. The van der Waals surface area contributed by atoms with E-state index >= 15 is 0 Å². The molecule has 2 amide bonds. The molecule has 25 heavy (non-hydrogen) atoms. The van der Waals surface area contributed by atoms with Crippen LogP contribution in [0.15, 0.2) is 42.5 Å². The summed E-state index contributed by atoms with van der Waals surface area (Å²) in [6.45, 7) is 2.85. The van der Waals surface area contributed by atoms with Crippen molar-refractivity contribution in [3.05, 3.63) is 52.5 Å². The van der Waals surface area contributed by atoms with Crippen molar-refractivity contribution in [3.63, 3.8) is 0 Å². The van der Waals surface area contributed by atoms with Gasteiger partial charge in [0.2, 0.25) is 0 Å². The van der Waals surface area contributed by atoms with E-state index in [1.807, 2.05) is 24.3 Å². The molecule has 132 valence electrons. The lowest BCUT2D eigenvalue weighted by molar-refractivity contribution is 0.208. The van der Waals surface area contributed by atoms with Gasteiger partial charge in [-0.1, -0.05) is 23.2 Å². The number of anilines is 2. The molecule has 1 aliphatic heterocycles. The van der Waals surface area contributed by atoms with Gasteiger partial charge in [0.15, 0.2) is 0 Å². The Labute approximate surface area is 157 Å². The molecule has 0 spiro atoms. The molecule has 2 aromatic carbocycles. The predicted octanol–water partition coefficient (Wildman–Crippen LogP) is 4.36. The van der Waals surface area contributed by atoms with Gasteiger partial charge in [0.25, 0.3) is 0 Å². The fourth-order valence-electron chi connectivity index (χ4n) is 2.77. The van der Waals surface area contributed by atoms with Crippen molar-refractivity contribution in [3.8, 4) is 5.75 Å². The number of hydrogen-bond donors (Lipinski definition) is 1. The third kappa shape index (κ3) is 4.30. The van der Waals surface area contributed by atoms with Gasteiger partial charge in [0.1, 0.15) is 5.75 Å². The second kappa shape index (κ2) is 7.85. The summed E-state index contributed by atoms with van der Waals surface area (Å²) in [6, 6.07) is 12.8. The largest absolute Gasteiger partial charge is 0.495 e. The maximum absolute atomic E-state index is 12.4. The van der Waals surface area contributed by atoms with E-state index in [0.29, 0.717) is 29.5 Å². The minimum Gasteiger partial charge on any atom is -0.495 e. The zero-order valence-corrected chi connectivity index (χ0v) is 15.3. The van der Waals surface area contributed by atoms with Gasteiger partial charge in [-0.3, -0.25) is 0 Å². The van der Waals surface area contributed by atoms with Crippen molar-refractivity contribution in [2.24, 2.45) is 0 Å². The number of hydrogen-bond acceptors (Lipinski definition) is 3. The van der Waals surface area contributed by atoms with Crippen LogP contribution >= 0.6 is 23.2 Å². The molecule has 2 aromatic rings. The van der Waals surface area contributed by atoms with Crippen LogP contribution in [0.3, 0.4) is 0 Å². The van der Waals surface area contributed by atoms with Gasteiger partial charge in [0, 0.05) is 42.6 Å². The van der Waals surface area contributed by atoms with Crippen molar-refractivity contribution in [1.29, 1.82) is 0 Å². The first-order valence-corrected chi connectivity index (χ1v) is 8.72. The lowest BCUT2D eigenvalue weighted by Crippen LogP contribution is -2.50. The summed E-state index contributed by atoms with van der Waals surface area (Å²) in [5.74, 6) is 0.580. The van der Waals surface area contributed by atoms with Crippen molar-refractivity contribution in [1.82, 2.24) is 4.90 Å². The third-order valence-corrected chi connectivity index (χ3v) is 4.71. The number of nitrogens with zero attached hydrogens (tertiary/aromatic N) is 2. The van der Waals surface area contributed by atoms with Gasteiger partial charge in [-0.05, 0) is 42.5 Å². The van der Waals surface area contributed by atoms with E-state index in [2.05, 4.69) is 10.2 Å². The maximum Gasteiger partial charge on any atom is 0.321 e. The van der Waals surface area contributed by atoms with Gasteiger partial charge in [-0.15, -0.1) is 0 Å². The molecular formula is C18H19Cl2N3O2. The van der Waals surface area contributed by atoms with Gasteiger partial charge in [-0.2, -0.15) is 0 Å². The molecule has 7 heteroatoms. The van der Waals surface area contributed by atoms with Crippen LogP contribution in [0.4, 0.5) is 16.2 Å². The second-order valence-electron chi connectivity index (χ2n) is 5.73. The lowest BCUT2D eigenvalue weighted by atomic mass is 10.2. The molecule has 1 aliphatic rings. The smallest absolute Gasteiger partial charge is 0.321 e. The monoisotopic (exact) mass is 379 g/mol. The number of carbonyl (C=O) groups is 1. The maximum atomic E-state index is 12.4. The highest BCUT2D eigenvalue weighted by Crippen LogP contribution is 2.27. The molecule has 0 atom stereocenters. The highest BCUT2D eigenvalue weighted by Gasteiger charge is 2.21. The molecule has 1 heterocycles. The molecule has 0 aromatic heterocycles. The van der Waals surface area contributed by atoms with E-state index in [1.54, 1.807) is 30.2 Å². The Hall–Kier alpha value is -2.11. The van der Waals surface area contributed by atoms with E-state index in [4.69, 9.17) is 27.9 Å². The molecule has 3 rings (SSSR count). The average molecular weight is 380 g/mol. The van der Waals surface area contributed by atoms with E-state index in [1.165, 1.54) is 0 Å². The van der Waals surface area contributed by atoms with Gasteiger partial charge >= 0.3 is 6.03 Å². The van der Waals surface area contributed by atoms with Crippen LogP contribution in [0, 0.1) is 0 Å². The van der Waals surface area contributed by atoms with Crippen LogP contribution in [0.1, 0.15) is 0 Å².